The van der Waals surface area contributed by atoms with Gasteiger partial charge in [0.25, 0.3) is 0 Å². The van der Waals surface area contributed by atoms with Gasteiger partial charge in [-0.3, -0.25) is 0 Å². The minimum absolute atomic E-state index is 0. The molecule has 1 aromatic heterocycles. The fraction of sp³-hybridized carbons (Fsp3) is 0.222. The highest BCUT2D eigenvalue weighted by Gasteiger charge is 1.98. The third-order valence-electron chi connectivity index (χ3n) is 1.90. The van der Waals surface area contributed by atoms with Gasteiger partial charge in [-0.25, -0.2) is 4.98 Å². The number of nitrogens with one attached hydrogen (secondary N) is 1. The van der Waals surface area contributed by atoms with E-state index in [0.29, 0.717) is 6.54 Å². The van der Waals surface area contributed by atoms with Crippen molar-refractivity contribution in [1.29, 1.82) is 0 Å². The summed E-state index contributed by atoms with van der Waals surface area (Å²) in [4.78, 5) is 7.46. The summed E-state index contributed by atoms with van der Waals surface area (Å²) in [6.45, 7) is 2.52. The Morgan fingerprint density at radius 2 is 2.00 bits per heavy atom. The molecule has 15 heavy (non-hydrogen) atoms. The highest BCUT2D eigenvalue weighted by atomic mass is 35.5. The van der Waals surface area contributed by atoms with Crippen LogP contribution in [0.1, 0.15) is 11.4 Å². The molecule has 0 aliphatic heterocycles. The van der Waals surface area contributed by atoms with Crippen molar-refractivity contribution in [2.75, 3.05) is 0 Å². The van der Waals surface area contributed by atoms with E-state index in [0.717, 1.165) is 22.4 Å². The molecule has 0 amide bonds. The molecule has 2 aromatic rings. The first-order chi connectivity index (χ1) is 5.79. The van der Waals surface area contributed by atoms with Crippen LogP contribution in [0, 0.1) is 6.92 Å². The molecular formula is C9H15Cl2N3O. The van der Waals surface area contributed by atoms with Crippen LogP contribution in [0.25, 0.3) is 11.0 Å². The van der Waals surface area contributed by atoms with Crippen LogP contribution < -0.4 is 5.73 Å². The molecular weight excluding hydrogens is 237 g/mol. The average Bonchev–Trinajstić information content (AvgIpc) is 2.43. The van der Waals surface area contributed by atoms with Gasteiger partial charge < -0.3 is 16.2 Å². The van der Waals surface area contributed by atoms with Crippen LogP contribution in [0.2, 0.25) is 0 Å². The number of hydrogen-bond donors (Lipinski definition) is 2. The standard InChI is InChI=1S/C9H11N3.2ClH.H2O/c1-6-11-8-3-2-7(5-10)4-9(8)12-6;;;/h2-4H,5,10H2,1H3,(H,11,12);2*1H;1H2. The van der Waals surface area contributed by atoms with E-state index in [1.54, 1.807) is 0 Å². The van der Waals surface area contributed by atoms with Gasteiger partial charge in [0.05, 0.1) is 11.0 Å². The van der Waals surface area contributed by atoms with E-state index in [2.05, 4.69) is 9.97 Å². The number of hydrogen-bond acceptors (Lipinski definition) is 2. The minimum atomic E-state index is 0. The van der Waals surface area contributed by atoms with E-state index in [1.807, 2.05) is 25.1 Å². The largest absolute Gasteiger partial charge is 0.412 e. The molecule has 0 saturated heterocycles. The number of aromatic amines is 1. The average molecular weight is 252 g/mol. The Morgan fingerprint density at radius 1 is 1.33 bits per heavy atom. The number of aryl methyl sites for hydroxylation is 1. The lowest BCUT2D eigenvalue weighted by Crippen LogP contribution is -1.95. The zero-order valence-corrected chi connectivity index (χ0v) is 9.91. The Hall–Kier alpha value is -0.810. The third kappa shape index (κ3) is 3.35. The van der Waals surface area contributed by atoms with Gasteiger partial charge in [-0.15, -0.1) is 24.8 Å². The maximum atomic E-state index is 5.51. The SMILES string of the molecule is Cc1nc2ccc(CN)cc2[nH]1.Cl.Cl.O. The number of nitrogens with zero attached hydrogens (tertiary/aromatic N) is 1. The maximum Gasteiger partial charge on any atom is 0.104 e. The van der Waals surface area contributed by atoms with Crippen molar-refractivity contribution in [2.45, 2.75) is 13.5 Å². The predicted octanol–water partition coefficient (Wildman–Crippen LogP) is 1.35. The Kier molecular flexibility index (Phi) is 7.35. The molecule has 86 valence electrons. The summed E-state index contributed by atoms with van der Waals surface area (Å²) >= 11 is 0. The van der Waals surface area contributed by atoms with Crippen molar-refractivity contribution < 1.29 is 5.48 Å². The second kappa shape index (κ2) is 6.63. The third-order valence-corrected chi connectivity index (χ3v) is 1.90. The van der Waals surface area contributed by atoms with Gasteiger partial charge in [-0.1, -0.05) is 6.07 Å². The van der Waals surface area contributed by atoms with Gasteiger partial charge in [0.2, 0.25) is 0 Å². The summed E-state index contributed by atoms with van der Waals surface area (Å²) < 4.78 is 0. The summed E-state index contributed by atoms with van der Waals surface area (Å²) in [5.41, 5.74) is 8.71. The molecule has 0 aliphatic carbocycles. The lowest BCUT2D eigenvalue weighted by molar-refractivity contribution is 0.824. The van der Waals surface area contributed by atoms with Crippen molar-refractivity contribution in [1.82, 2.24) is 9.97 Å². The topological polar surface area (TPSA) is 86.2 Å². The van der Waals surface area contributed by atoms with Crippen LogP contribution >= 0.6 is 24.8 Å². The molecule has 1 heterocycles. The van der Waals surface area contributed by atoms with Crippen molar-refractivity contribution in [2.24, 2.45) is 5.73 Å². The van der Waals surface area contributed by atoms with Gasteiger partial charge >= 0.3 is 0 Å². The predicted molar refractivity (Wildman–Crippen MR) is 66.8 cm³/mol. The first-order valence-corrected chi connectivity index (χ1v) is 3.95. The Bertz CT molecular complexity index is 417. The highest BCUT2D eigenvalue weighted by Crippen LogP contribution is 2.12. The first-order valence-electron chi connectivity index (χ1n) is 3.95. The van der Waals surface area contributed by atoms with Crippen LogP contribution in [0.4, 0.5) is 0 Å². The van der Waals surface area contributed by atoms with Crippen molar-refractivity contribution in [3.05, 3.63) is 29.6 Å². The van der Waals surface area contributed by atoms with E-state index in [-0.39, 0.29) is 30.3 Å². The van der Waals surface area contributed by atoms with Crippen LogP contribution in [0.3, 0.4) is 0 Å². The molecule has 0 fully saturated rings. The fourth-order valence-electron chi connectivity index (χ4n) is 1.31. The van der Waals surface area contributed by atoms with Gasteiger partial charge in [-0.05, 0) is 24.6 Å². The number of rotatable bonds is 1. The van der Waals surface area contributed by atoms with Crippen molar-refractivity contribution in [3.8, 4) is 0 Å². The maximum absolute atomic E-state index is 5.51. The van der Waals surface area contributed by atoms with E-state index < -0.39 is 0 Å². The summed E-state index contributed by atoms with van der Waals surface area (Å²) in [5, 5.41) is 0. The first kappa shape index (κ1) is 16.6. The Balaban J connectivity index is 0. The number of benzene rings is 1. The Labute approximate surface area is 100 Å². The number of nitrogens with two attached hydrogens (primary N) is 1. The second-order valence-corrected chi connectivity index (χ2v) is 2.88. The van der Waals surface area contributed by atoms with E-state index >= 15 is 0 Å². The zero-order valence-electron chi connectivity index (χ0n) is 8.28. The van der Waals surface area contributed by atoms with Crippen molar-refractivity contribution in [3.63, 3.8) is 0 Å². The second-order valence-electron chi connectivity index (χ2n) is 2.88. The molecule has 2 rings (SSSR count). The Morgan fingerprint density at radius 3 is 2.60 bits per heavy atom. The van der Waals surface area contributed by atoms with Gasteiger partial charge in [-0.2, -0.15) is 0 Å². The molecule has 0 aliphatic rings. The van der Waals surface area contributed by atoms with Crippen LogP contribution in [-0.4, -0.2) is 15.4 Å². The van der Waals surface area contributed by atoms with E-state index in [9.17, 15) is 0 Å². The normalized spacial score (nSPS) is 8.67. The molecule has 1 aromatic carbocycles. The molecule has 0 bridgehead atoms. The van der Waals surface area contributed by atoms with E-state index in [1.165, 1.54) is 0 Å². The number of halogens is 2. The van der Waals surface area contributed by atoms with Gasteiger partial charge in [0.1, 0.15) is 5.82 Å². The highest BCUT2D eigenvalue weighted by molar-refractivity contribution is 5.85. The van der Waals surface area contributed by atoms with Crippen molar-refractivity contribution >= 4 is 35.8 Å². The van der Waals surface area contributed by atoms with Crippen LogP contribution in [-0.2, 0) is 6.54 Å². The summed E-state index contributed by atoms with van der Waals surface area (Å²) in [5.74, 6) is 0.944. The smallest absolute Gasteiger partial charge is 0.104 e. The zero-order chi connectivity index (χ0) is 8.55. The molecule has 4 nitrogen and oxygen atoms in total. The number of H-pyrrole nitrogens is 1. The lowest BCUT2D eigenvalue weighted by Gasteiger charge is -1.93. The number of fused-ring (bicyclic) bond motifs is 1. The molecule has 0 radical (unpaired) electrons. The van der Waals surface area contributed by atoms with Gasteiger partial charge in [0.15, 0.2) is 0 Å². The lowest BCUT2D eigenvalue weighted by atomic mass is 10.2. The van der Waals surface area contributed by atoms with Crippen LogP contribution in [0.5, 0.6) is 0 Å². The molecule has 0 unspecified atom stereocenters. The molecule has 6 heteroatoms. The van der Waals surface area contributed by atoms with Gasteiger partial charge in [0, 0.05) is 6.54 Å². The molecule has 0 saturated carbocycles. The summed E-state index contributed by atoms with van der Waals surface area (Å²) in [6, 6.07) is 6.03. The molecule has 0 atom stereocenters. The molecule has 0 spiro atoms. The summed E-state index contributed by atoms with van der Waals surface area (Å²) in [7, 11) is 0. The quantitative estimate of drug-likeness (QED) is 0.802. The van der Waals surface area contributed by atoms with E-state index in [4.69, 9.17) is 5.73 Å². The molecule has 5 N–H and O–H groups in total. The monoisotopic (exact) mass is 251 g/mol. The number of aromatic nitrogens is 2. The van der Waals surface area contributed by atoms with Crippen LogP contribution in [0.15, 0.2) is 18.2 Å². The minimum Gasteiger partial charge on any atom is -0.412 e. The summed E-state index contributed by atoms with van der Waals surface area (Å²) in [6.07, 6.45) is 0. The fourth-order valence-corrected chi connectivity index (χ4v) is 1.31. The number of imidazole rings is 1.